The second-order valence-electron chi connectivity index (χ2n) is 4.53. The van der Waals surface area contributed by atoms with Gasteiger partial charge in [-0.1, -0.05) is 17.7 Å². The molecule has 0 N–H and O–H groups in total. The van der Waals surface area contributed by atoms with Crippen LogP contribution < -0.4 is 9.47 Å². The van der Waals surface area contributed by atoms with Gasteiger partial charge >= 0.3 is 0 Å². The molecule has 0 fully saturated rings. The van der Waals surface area contributed by atoms with Crippen molar-refractivity contribution < 1.29 is 9.47 Å². The number of benzene rings is 2. The lowest BCUT2D eigenvalue weighted by Crippen LogP contribution is -1.99. The molecule has 20 heavy (non-hydrogen) atoms. The maximum Gasteiger partial charge on any atom is 0.127 e. The molecule has 1 unspecified atom stereocenters. The zero-order valence-electron chi connectivity index (χ0n) is 11.6. The van der Waals surface area contributed by atoms with E-state index in [2.05, 4.69) is 0 Å². The number of alkyl halides is 1. The fourth-order valence-corrected chi connectivity index (χ4v) is 2.72. The summed E-state index contributed by atoms with van der Waals surface area (Å²) in [5.41, 5.74) is 2.90. The molecule has 0 bridgehead atoms. The molecule has 0 aliphatic rings. The number of hydrogen-bond donors (Lipinski definition) is 0. The Morgan fingerprint density at radius 3 is 2.35 bits per heavy atom. The van der Waals surface area contributed by atoms with Gasteiger partial charge in [0.05, 0.1) is 19.6 Å². The molecule has 0 radical (unpaired) electrons. The van der Waals surface area contributed by atoms with Crippen molar-refractivity contribution in [2.75, 3.05) is 14.2 Å². The van der Waals surface area contributed by atoms with E-state index in [1.54, 1.807) is 14.2 Å². The Hall–Kier alpha value is -1.38. The topological polar surface area (TPSA) is 18.5 Å². The van der Waals surface area contributed by atoms with Gasteiger partial charge in [0.15, 0.2) is 0 Å². The second-order valence-corrected chi connectivity index (χ2v) is 5.41. The Morgan fingerprint density at radius 1 is 1.00 bits per heavy atom. The van der Waals surface area contributed by atoms with Crippen LogP contribution in [0.1, 0.15) is 22.1 Å². The monoisotopic (exact) mass is 310 g/mol. The van der Waals surface area contributed by atoms with Crippen LogP contribution >= 0.6 is 23.2 Å². The molecule has 0 aliphatic carbocycles. The fraction of sp³-hybridized carbons (Fsp3) is 0.250. The van der Waals surface area contributed by atoms with Crippen molar-refractivity contribution in [3.05, 3.63) is 58.1 Å². The van der Waals surface area contributed by atoms with Crippen molar-refractivity contribution in [1.82, 2.24) is 0 Å². The maximum absolute atomic E-state index is 6.58. The van der Waals surface area contributed by atoms with E-state index >= 15 is 0 Å². The number of rotatable bonds is 4. The Balaban J connectivity index is 2.44. The number of ether oxygens (including phenoxy) is 2. The molecule has 2 aromatic carbocycles. The van der Waals surface area contributed by atoms with Crippen molar-refractivity contribution >= 4 is 23.2 Å². The fourth-order valence-electron chi connectivity index (χ4n) is 2.12. The van der Waals surface area contributed by atoms with Crippen LogP contribution in [-0.2, 0) is 0 Å². The molecule has 0 saturated carbocycles. The molecule has 0 saturated heterocycles. The van der Waals surface area contributed by atoms with Gasteiger partial charge in [0.2, 0.25) is 0 Å². The average Bonchev–Trinajstić information content (AvgIpc) is 2.44. The minimum atomic E-state index is -0.326. The summed E-state index contributed by atoms with van der Waals surface area (Å²) in [6, 6.07) is 11.4. The van der Waals surface area contributed by atoms with Gasteiger partial charge < -0.3 is 9.47 Å². The summed E-state index contributed by atoms with van der Waals surface area (Å²) in [5.74, 6) is 1.43. The predicted octanol–water partition coefficient (Wildman–Crippen LogP) is 4.99. The molecule has 2 nitrogen and oxygen atoms in total. The van der Waals surface area contributed by atoms with E-state index in [4.69, 9.17) is 32.7 Å². The first-order valence-corrected chi connectivity index (χ1v) is 6.99. The summed E-state index contributed by atoms with van der Waals surface area (Å²) < 4.78 is 10.6. The van der Waals surface area contributed by atoms with Gasteiger partial charge in [-0.05, 0) is 42.3 Å². The summed E-state index contributed by atoms with van der Waals surface area (Å²) in [5, 5.41) is 0.353. The van der Waals surface area contributed by atoms with Crippen LogP contribution in [0.25, 0.3) is 0 Å². The summed E-state index contributed by atoms with van der Waals surface area (Å²) in [7, 11) is 3.23. The number of methoxy groups -OCH3 is 2. The van der Waals surface area contributed by atoms with Crippen LogP contribution in [0.15, 0.2) is 36.4 Å². The van der Waals surface area contributed by atoms with Crippen molar-refractivity contribution in [1.29, 1.82) is 0 Å². The van der Waals surface area contributed by atoms with E-state index < -0.39 is 0 Å². The van der Waals surface area contributed by atoms with E-state index in [0.717, 1.165) is 22.4 Å². The zero-order valence-corrected chi connectivity index (χ0v) is 13.1. The lowest BCUT2D eigenvalue weighted by molar-refractivity contribution is 0.391. The van der Waals surface area contributed by atoms with Gasteiger partial charge in [-0.15, -0.1) is 11.6 Å². The Morgan fingerprint density at radius 2 is 1.75 bits per heavy atom. The van der Waals surface area contributed by atoms with E-state index in [0.29, 0.717) is 10.8 Å². The molecule has 2 rings (SSSR count). The number of hydrogen-bond acceptors (Lipinski definition) is 2. The smallest absolute Gasteiger partial charge is 0.127 e. The van der Waals surface area contributed by atoms with Crippen LogP contribution in [0.3, 0.4) is 0 Å². The molecule has 0 amide bonds. The summed E-state index contributed by atoms with van der Waals surface area (Å²) in [4.78, 5) is 0. The first-order chi connectivity index (χ1) is 9.55. The van der Waals surface area contributed by atoms with Crippen molar-refractivity contribution in [2.45, 2.75) is 12.3 Å². The normalized spacial score (nSPS) is 12.1. The van der Waals surface area contributed by atoms with Crippen molar-refractivity contribution in [3.8, 4) is 11.5 Å². The Bertz CT molecular complexity index is 591. The van der Waals surface area contributed by atoms with Crippen molar-refractivity contribution in [3.63, 3.8) is 0 Å². The van der Waals surface area contributed by atoms with Gasteiger partial charge in [0.1, 0.15) is 11.5 Å². The molecule has 2 aromatic rings. The highest BCUT2D eigenvalue weighted by Crippen LogP contribution is 2.38. The van der Waals surface area contributed by atoms with Crippen molar-refractivity contribution in [2.24, 2.45) is 0 Å². The first-order valence-electron chi connectivity index (χ1n) is 6.18. The molecular weight excluding hydrogens is 295 g/mol. The Kier molecular flexibility index (Phi) is 4.79. The highest BCUT2D eigenvalue weighted by molar-refractivity contribution is 6.31. The van der Waals surface area contributed by atoms with E-state index in [9.17, 15) is 0 Å². The molecule has 4 heteroatoms. The molecule has 0 aliphatic heterocycles. The van der Waals surface area contributed by atoms with E-state index in [1.807, 2.05) is 43.3 Å². The van der Waals surface area contributed by atoms with Gasteiger partial charge in [-0.25, -0.2) is 0 Å². The van der Waals surface area contributed by atoms with Crippen LogP contribution in [-0.4, -0.2) is 14.2 Å². The van der Waals surface area contributed by atoms with E-state index in [1.165, 1.54) is 0 Å². The van der Waals surface area contributed by atoms with Crippen LogP contribution in [0, 0.1) is 6.92 Å². The lowest BCUT2D eigenvalue weighted by atomic mass is 10.0. The molecule has 1 atom stereocenters. The zero-order chi connectivity index (χ0) is 14.7. The third-order valence-electron chi connectivity index (χ3n) is 3.07. The highest BCUT2D eigenvalue weighted by Gasteiger charge is 2.17. The summed E-state index contributed by atoms with van der Waals surface area (Å²) >= 11 is 12.7. The first kappa shape index (κ1) is 15.0. The quantitative estimate of drug-likeness (QED) is 0.740. The molecule has 0 spiro atoms. The third-order valence-corrected chi connectivity index (χ3v) is 3.78. The summed E-state index contributed by atoms with van der Waals surface area (Å²) in [6.45, 7) is 1.99. The lowest BCUT2D eigenvalue weighted by Gasteiger charge is -2.16. The van der Waals surface area contributed by atoms with Crippen LogP contribution in [0.5, 0.6) is 11.5 Å². The van der Waals surface area contributed by atoms with Crippen LogP contribution in [0.2, 0.25) is 5.02 Å². The van der Waals surface area contributed by atoms with Gasteiger partial charge in [-0.2, -0.15) is 0 Å². The standard InChI is InChI=1S/C16H16Cl2O2/c1-10-6-11(8-12(17)7-10)16(18)14-5-4-13(19-2)9-15(14)20-3/h4-9,16H,1-3H3. The Labute approximate surface area is 129 Å². The third kappa shape index (κ3) is 3.20. The maximum atomic E-state index is 6.58. The SMILES string of the molecule is COc1ccc(C(Cl)c2cc(C)cc(Cl)c2)c(OC)c1. The highest BCUT2D eigenvalue weighted by atomic mass is 35.5. The summed E-state index contributed by atoms with van der Waals surface area (Å²) in [6.07, 6.45) is 0. The van der Waals surface area contributed by atoms with Gasteiger partial charge in [0.25, 0.3) is 0 Å². The van der Waals surface area contributed by atoms with E-state index in [-0.39, 0.29) is 5.38 Å². The van der Waals surface area contributed by atoms with Gasteiger partial charge in [0, 0.05) is 16.7 Å². The number of aryl methyl sites for hydroxylation is 1. The molecule has 0 heterocycles. The van der Waals surface area contributed by atoms with Crippen LogP contribution in [0.4, 0.5) is 0 Å². The predicted molar refractivity (Wildman–Crippen MR) is 83.4 cm³/mol. The molecule has 0 aromatic heterocycles. The largest absolute Gasteiger partial charge is 0.497 e. The minimum absolute atomic E-state index is 0.326. The minimum Gasteiger partial charge on any atom is -0.497 e. The molecular formula is C16H16Cl2O2. The second kappa shape index (κ2) is 6.38. The molecule has 106 valence electrons. The van der Waals surface area contributed by atoms with Gasteiger partial charge in [-0.3, -0.25) is 0 Å². The average molecular weight is 311 g/mol. The number of halogens is 2.